The molecule has 0 spiro atoms. The lowest BCUT2D eigenvalue weighted by molar-refractivity contribution is 0.0447. The quantitative estimate of drug-likeness (QED) is 0.821. The molecule has 1 aliphatic rings. The Bertz CT molecular complexity index is 660. The van der Waals surface area contributed by atoms with E-state index in [9.17, 15) is 9.90 Å². The number of piperidine rings is 1. The zero-order valence-corrected chi connectivity index (χ0v) is 11.0. The van der Waals surface area contributed by atoms with Crippen LogP contribution in [0.5, 0.6) is 0 Å². The van der Waals surface area contributed by atoms with Crippen molar-refractivity contribution in [3.63, 3.8) is 0 Å². The molecule has 0 radical (unpaired) electrons. The van der Waals surface area contributed by atoms with Crippen LogP contribution >= 0.6 is 0 Å². The highest BCUT2D eigenvalue weighted by Crippen LogP contribution is 2.25. The summed E-state index contributed by atoms with van der Waals surface area (Å²) in [6.07, 6.45) is 1.74. The molecule has 1 aliphatic heterocycles. The second-order valence-corrected chi connectivity index (χ2v) is 5.59. The molecule has 19 heavy (non-hydrogen) atoms. The number of β-amino-alcohol motifs (C(OH)–C–C–N with tert-alkyl or cyclic N) is 1. The van der Waals surface area contributed by atoms with Gasteiger partial charge in [-0.3, -0.25) is 4.79 Å². The van der Waals surface area contributed by atoms with Gasteiger partial charge in [-0.15, -0.1) is 0 Å². The molecule has 0 saturated carbocycles. The first-order chi connectivity index (χ1) is 9.05. The smallest absolute Gasteiger partial charge is 0.257 e. The zero-order valence-electron chi connectivity index (χ0n) is 11.0. The summed E-state index contributed by atoms with van der Waals surface area (Å²) in [5.41, 5.74) is -0.751. The van der Waals surface area contributed by atoms with Crippen LogP contribution in [0.1, 0.15) is 19.8 Å². The fourth-order valence-electron chi connectivity index (χ4n) is 2.79. The number of nitrogens with zero attached hydrogens (tertiary/aromatic N) is 1. The minimum absolute atomic E-state index is 0.0710. The van der Waals surface area contributed by atoms with E-state index in [1.165, 1.54) is 0 Å². The standard InChI is InChI=1S/C15H18N2O2/c1-15(19)7-4-8-17(10-15)13-9-11-5-2-3-6-12(11)14(18)16-13/h2-3,5-6,9,19H,4,7-8,10H2,1H3,(H,16,18). The van der Waals surface area contributed by atoms with Crippen molar-refractivity contribution in [2.24, 2.45) is 0 Å². The maximum atomic E-state index is 12.1. The van der Waals surface area contributed by atoms with Crippen molar-refractivity contribution in [1.82, 2.24) is 4.98 Å². The normalized spacial score (nSPS) is 23.8. The van der Waals surface area contributed by atoms with E-state index < -0.39 is 5.60 Å². The molecule has 4 nitrogen and oxygen atoms in total. The van der Waals surface area contributed by atoms with Gasteiger partial charge in [0.25, 0.3) is 5.56 Å². The van der Waals surface area contributed by atoms with E-state index in [0.29, 0.717) is 11.9 Å². The molecule has 3 rings (SSSR count). The molecule has 2 heterocycles. The second kappa shape index (κ2) is 4.38. The van der Waals surface area contributed by atoms with Gasteiger partial charge in [0.1, 0.15) is 5.82 Å². The number of hydrogen-bond donors (Lipinski definition) is 2. The van der Waals surface area contributed by atoms with E-state index in [1.54, 1.807) is 0 Å². The van der Waals surface area contributed by atoms with Crippen molar-refractivity contribution in [3.05, 3.63) is 40.7 Å². The SMILES string of the molecule is CC1(O)CCCN(c2cc3ccccc3c(=O)[nH]2)C1. The van der Waals surface area contributed by atoms with Crippen LogP contribution < -0.4 is 10.5 Å². The van der Waals surface area contributed by atoms with Gasteiger partial charge in [0.15, 0.2) is 0 Å². The summed E-state index contributed by atoms with van der Waals surface area (Å²) < 4.78 is 0. The predicted molar refractivity (Wildman–Crippen MR) is 76.6 cm³/mol. The van der Waals surface area contributed by atoms with Crippen molar-refractivity contribution in [1.29, 1.82) is 0 Å². The Morgan fingerprint density at radius 2 is 2.16 bits per heavy atom. The summed E-state index contributed by atoms with van der Waals surface area (Å²) in [6, 6.07) is 9.54. The molecule has 0 aliphatic carbocycles. The Hall–Kier alpha value is -1.81. The molecule has 1 aromatic heterocycles. The Morgan fingerprint density at radius 1 is 1.37 bits per heavy atom. The van der Waals surface area contributed by atoms with E-state index in [1.807, 2.05) is 37.3 Å². The lowest BCUT2D eigenvalue weighted by Gasteiger charge is -2.37. The summed E-state index contributed by atoms with van der Waals surface area (Å²) in [6.45, 7) is 3.27. The zero-order chi connectivity index (χ0) is 13.5. The summed E-state index contributed by atoms with van der Waals surface area (Å²) in [4.78, 5) is 17.0. The van der Waals surface area contributed by atoms with Gasteiger partial charge in [-0.2, -0.15) is 0 Å². The van der Waals surface area contributed by atoms with Crippen molar-refractivity contribution >= 4 is 16.6 Å². The van der Waals surface area contributed by atoms with Crippen LogP contribution in [0, 0.1) is 0 Å². The minimum Gasteiger partial charge on any atom is -0.388 e. The van der Waals surface area contributed by atoms with E-state index in [2.05, 4.69) is 9.88 Å². The Labute approximate surface area is 111 Å². The number of fused-ring (bicyclic) bond motifs is 1. The van der Waals surface area contributed by atoms with E-state index >= 15 is 0 Å². The monoisotopic (exact) mass is 258 g/mol. The molecule has 1 unspecified atom stereocenters. The first-order valence-corrected chi connectivity index (χ1v) is 6.65. The first-order valence-electron chi connectivity index (χ1n) is 6.65. The number of benzene rings is 1. The van der Waals surface area contributed by atoms with Gasteiger partial charge in [-0.1, -0.05) is 18.2 Å². The lowest BCUT2D eigenvalue weighted by Crippen LogP contribution is -2.46. The number of H-pyrrole nitrogens is 1. The first kappa shape index (κ1) is 12.2. The number of aromatic amines is 1. The van der Waals surface area contributed by atoms with Gasteiger partial charge in [0.05, 0.1) is 5.60 Å². The molecule has 100 valence electrons. The van der Waals surface area contributed by atoms with Crippen LogP contribution in [0.25, 0.3) is 10.8 Å². The Kier molecular flexibility index (Phi) is 2.82. The van der Waals surface area contributed by atoms with Gasteiger partial charge in [0, 0.05) is 18.5 Å². The summed E-state index contributed by atoms with van der Waals surface area (Å²) in [7, 11) is 0. The summed E-state index contributed by atoms with van der Waals surface area (Å²) in [5, 5.41) is 11.8. The van der Waals surface area contributed by atoms with Crippen LogP contribution in [-0.4, -0.2) is 28.8 Å². The number of aliphatic hydroxyl groups is 1. The van der Waals surface area contributed by atoms with Gasteiger partial charge in [0.2, 0.25) is 0 Å². The third kappa shape index (κ3) is 2.36. The maximum Gasteiger partial charge on any atom is 0.257 e. The number of anilines is 1. The van der Waals surface area contributed by atoms with Crippen LogP contribution in [0.2, 0.25) is 0 Å². The molecule has 0 bridgehead atoms. The number of pyridine rings is 1. The highest BCUT2D eigenvalue weighted by atomic mass is 16.3. The van der Waals surface area contributed by atoms with Crippen molar-refractivity contribution in [2.75, 3.05) is 18.0 Å². The Morgan fingerprint density at radius 3 is 2.95 bits per heavy atom. The van der Waals surface area contributed by atoms with Gasteiger partial charge >= 0.3 is 0 Å². The highest BCUT2D eigenvalue weighted by molar-refractivity contribution is 5.83. The minimum atomic E-state index is -0.680. The third-order valence-corrected chi connectivity index (χ3v) is 3.75. The molecule has 1 fully saturated rings. The molecule has 1 saturated heterocycles. The molecular weight excluding hydrogens is 240 g/mol. The fourth-order valence-corrected chi connectivity index (χ4v) is 2.79. The van der Waals surface area contributed by atoms with Gasteiger partial charge in [-0.25, -0.2) is 0 Å². The van der Waals surface area contributed by atoms with E-state index in [4.69, 9.17) is 0 Å². The van der Waals surface area contributed by atoms with Gasteiger partial charge in [-0.05, 0) is 37.3 Å². The van der Waals surface area contributed by atoms with Crippen LogP contribution in [0.15, 0.2) is 35.1 Å². The molecule has 2 aromatic rings. The average Bonchev–Trinajstić information content (AvgIpc) is 2.37. The highest BCUT2D eigenvalue weighted by Gasteiger charge is 2.28. The molecule has 1 atom stereocenters. The van der Waals surface area contributed by atoms with E-state index in [-0.39, 0.29) is 5.56 Å². The van der Waals surface area contributed by atoms with Crippen molar-refractivity contribution in [2.45, 2.75) is 25.4 Å². The van der Waals surface area contributed by atoms with Crippen LogP contribution in [-0.2, 0) is 0 Å². The predicted octanol–water partition coefficient (Wildman–Crippen LogP) is 1.88. The summed E-state index contributed by atoms with van der Waals surface area (Å²) >= 11 is 0. The second-order valence-electron chi connectivity index (χ2n) is 5.59. The van der Waals surface area contributed by atoms with Crippen LogP contribution in [0.4, 0.5) is 5.82 Å². The molecule has 1 aromatic carbocycles. The topological polar surface area (TPSA) is 56.3 Å². The third-order valence-electron chi connectivity index (χ3n) is 3.75. The molecule has 4 heteroatoms. The number of hydrogen-bond acceptors (Lipinski definition) is 3. The maximum absolute atomic E-state index is 12.1. The van der Waals surface area contributed by atoms with Crippen LogP contribution in [0.3, 0.4) is 0 Å². The number of aromatic nitrogens is 1. The number of nitrogens with one attached hydrogen (secondary N) is 1. The largest absolute Gasteiger partial charge is 0.388 e. The molecule has 2 N–H and O–H groups in total. The summed E-state index contributed by atoms with van der Waals surface area (Å²) in [5.74, 6) is 0.795. The molecular formula is C15H18N2O2. The lowest BCUT2D eigenvalue weighted by atomic mass is 9.95. The average molecular weight is 258 g/mol. The molecule has 0 amide bonds. The number of rotatable bonds is 1. The van der Waals surface area contributed by atoms with E-state index in [0.717, 1.165) is 30.6 Å². The van der Waals surface area contributed by atoms with Crippen molar-refractivity contribution < 1.29 is 5.11 Å². The van der Waals surface area contributed by atoms with Gasteiger partial charge < -0.3 is 15.0 Å². The van der Waals surface area contributed by atoms with Crippen molar-refractivity contribution in [3.8, 4) is 0 Å². The Balaban J connectivity index is 2.03. The fraction of sp³-hybridized carbons (Fsp3) is 0.400.